The summed E-state index contributed by atoms with van der Waals surface area (Å²) in [6, 6.07) is 7.99. The van der Waals surface area contributed by atoms with E-state index < -0.39 is 0 Å². The van der Waals surface area contributed by atoms with Crippen molar-refractivity contribution in [3.8, 4) is 22.9 Å². The Morgan fingerprint density at radius 1 is 1.29 bits per heavy atom. The van der Waals surface area contributed by atoms with Crippen molar-refractivity contribution in [3.05, 3.63) is 53.0 Å². The van der Waals surface area contributed by atoms with Crippen molar-refractivity contribution in [2.45, 2.75) is 19.9 Å². The molecule has 28 heavy (non-hydrogen) atoms. The molecule has 3 aromatic rings. The second kappa shape index (κ2) is 9.14. The molecular formula is C19H21N5O3S. The molecule has 0 unspecified atom stereocenters. The van der Waals surface area contributed by atoms with E-state index in [0.717, 1.165) is 17.0 Å². The van der Waals surface area contributed by atoms with Crippen molar-refractivity contribution >= 4 is 17.2 Å². The third-order valence-electron chi connectivity index (χ3n) is 3.81. The van der Waals surface area contributed by atoms with E-state index in [1.165, 1.54) is 29.9 Å². The quantitative estimate of drug-likeness (QED) is 0.617. The van der Waals surface area contributed by atoms with Gasteiger partial charge in [-0.15, -0.1) is 16.4 Å². The van der Waals surface area contributed by atoms with Crippen LogP contribution in [0.3, 0.4) is 0 Å². The van der Waals surface area contributed by atoms with Crippen LogP contribution in [0.2, 0.25) is 0 Å². The van der Waals surface area contributed by atoms with Crippen LogP contribution in [0.5, 0.6) is 11.6 Å². The fraction of sp³-hybridized carbons (Fsp3) is 0.263. The van der Waals surface area contributed by atoms with Gasteiger partial charge >= 0.3 is 0 Å². The molecule has 1 N–H and O–H groups in total. The molecule has 0 atom stereocenters. The zero-order valence-electron chi connectivity index (χ0n) is 15.8. The van der Waals surface area contributed by atoms with Crippen molar-refractivity contribution in [3.63, 3.8) is 0 Å². The van der Waals surface area contributed by atoms with Crippen LogP contribution < -0.4 is 19.7 Å². The van der Waals surface area contributed by atoms with Gasteiger partial charge in [-0.1, -0.05) is 0 Å². The molecule has 0 spiro atoms. The van der Waals surface area contributed by atoms with E-state index in [4.69, 9.17) is 9.47 Å². The zero-order valence-corrected chi connectivity index (χ0v) is 16.6. The molecule has 146 valence electrons. The Morgan fingerprint density at radius 2 is 2.07 bits per heavy atom. The number of ether oxygens (including phenoxy) is 2. The van der Waals surface area contributed by atoms with E-state index in [9.17, 15) is 4.79 Å². The normalized spacial score (nSPS) is 11.5. The number of hydrogen-bond donors (Lipinski definition) is 1. The van der Waals surface area contributed by atoms with Crippen molar-refractivity contribution < 1.29 is 14.3 Å². The zero-order chi connectivity index (χ0) is 19.9. The van der Waals surface area contributed by atoms with Crippen LogP contribution in [0.1, 0.15) is 19.9 Å². The highest BCUT2D eigenvalue weighted by molar-refractivity contribution is 7.07. The maximum atomic E-state index is 12.0. The number of hydrogen-bond acceptors (Lipinski definition) is 7. The van der Waals surface area contributed by atoms with Gasteiger partial charge in [0.25, 0.3) is 5.91 Å². The monoisotopic (exact) mass is 399 g/mol. The predicted molar refractivity (Wildman–Crippen MR) is 106 cm³/mol. The Hall–Kier alpha value is -3.20. The highest BCUT2D eigenvalue weighted by Gasteiger charge is 2.11. The molecular weight excluding hydrogens is 378 g/mol. The molecule has 0 radical (unpaired) electrons. The number of carbonyl (C=O) groups excluding carboxylic acids is 1. The Balaban J connectivity index is 1.75. The van der Waals surface area contributed by atoms with E-state index >= 15 is 0 Å². The van der Waals surface area contributed by atoms with Crippen LogP contribution in [0.4, 0.5) is 0 Å². The number of nitrogens with zero attached hydrogens (tertiary/aromatic N) is 4. The van der Waals surface area contributed by atoms with Crippen molar-refractivity contribution in [1.82, 2.24) is 20.0 Å². The van der Waals surface area contributed by atoms with Gasteiger partial charge in [0.2, 0.25) is 10.7 Å². The Labute approximate surface area is 166 Å². The lowest BCUT2D eigenvalue weighted by Gasteiger charge is -2.13. The molecule has 0 aliphatic carbocycles. The van der Waals surface area contributed by atoms with E-state index in [2.05, 4.69) is 38.9 Å². The van der Waals surface area contributed by atoms with Gasteiger partial charge in [0.1, 0.15) is 5.75 Å². The SMILES string of the molecule is COc1ccc(-c2cs/c(=N\NC(=O)COc3cnccn3)n2C(C)C)cc1. The topological polar surface area (TPSA) is 90.6 Å². The third kappa shape index (κ3) is 4.74. The second-order valence-corrected chi connectivity index (χ2v) is 6.91. The average Bonchev–Trinajstić information content (AvgIpc) is 3.16. The van der Waals surface area contributed by atoms with Crippen LogP contribution in [-0.2, 0) is 4.79 Å². The molecule has 2 heterocycles. The first-order valence-corrected chi connectivity index (χ1v) is 9.52. The maximum Gasteiger partial charge on any atom is 0.278 e. The first-order valence-electron chi connectivity index (χ1n) is 8.64. The predicted octanol–water partition coefficient (Wildman–Crippen LogP) is 2.61. The molecule has 0 bridgehead atoms. The van der Waals surface area contributed by atoms with Gasteiger partial charge in [-0.05, 0) is 43.7 Å². The van der Waals surface area contributed by atoms with Crippen LogP contribution in [0.25, 0.3) is 11.3 Å². The molecule has 0 aliphatic heterocycles. The lowest BCUT2D eigenvalue weighted by Crippen LogP contribution is -2.29. The molecule has 1 amide bonds. The lowest BCUT2D eigenvalue weighted by molar-refractivity contribution is -0.123. The number of benzene rings is 1. The number of methoxy groups -OCH3 is 1. The Kier molecular flexibility index (Phi) is 6.38. The van der Waals surface area contributed by atoms with Crippen LogP contribution in [-0.4, -0.2) is 34.2 Å². The van der Waals surface area contributed by atoms with E-state index in [0.29, 0.717) is 4.80 Å². The van der Waals surface area contributed by atoms with Crippen molar-refractivity contribution in [1.29, 1.82) is 0 Å². The number of nitrogens with one attached hydrogen (secondary N) is 1. The van der Waals surface area contributed by atoms with Gasteiger partial charge in [0.05, 0.1) is 19.0 Å². The van der Waals surface area contributed by atoms with Gasteiger partial charge in [0.15, 0.2) is 6.61 Å². The number of thiazole rings is 1. The average molecular weight is 399 g/mol. The van der Waals surface area contributed by atoms with Crippen LogP contribution >= 0.6 is 11.3 Å². The fourth-order valence-corrected chi connectivity index (χ4v) is 3.50. The number of rotatable bonds is 7. The lowest BCUT2D eigenvalue weighted by atomic mass is 10.1. The molecule has 9 heteroatoms. The minimum Gasteiger partial charge on any atom is -0.497 e. The summed E-state index contributed by atoms with van der Waals surface area (Å²) in [6.07, 6.45) is 4.47. The van der Waals surface area contributed by atoms with E-state index in [1.54, 1.807) is 7.11 Å². The molecule has 2 aromatic heterocycles. The minimum atomic E-state index is -0.375. The highest BCUT2D eigenvalue weighted by atomic mass is 32.1. The van der Waals surface area contributed by atoms with Crippen molar-refractivity contribution in [2.24, 2.45) is 5.10 Å². The smallest absolute Gasteiger partial charge is 0.278 e. The third-order valence-corrected chi connectivity index (χ3v) is 4.65. The number of aromatic nitrogens is 3. The van der Waals surface area contributed by atoms with Gasteiger partial charge in [-0.3, -0.25) is 9.78 Å². The van der Waals surface area contributed by atoms with Gasteiger partial charge in [-0.25, -0.2) is 10.4 Å². The summed E-state index contributed by atoms with van der Waals surface area (Å²) >= 11 is 1.45. The second-order valence-electron chi connectivity index (χ2n) is 6.07. The highest BCUT2D eigenvalue weighted by Crippen LogP contribution is 2.25. The first kappa shape index (κ1) is 19.6. The van der Waals surface area contributed by atoms with Crippen molar-refractivity contribution in [2.75, 3.05) is 13.7 Å². The molecule has 8 nitrogen and oxygen atoms in total. The van der Waals surface area contributed by atoms with Gasteiger partial charge < -0.3 is 14.0 Å². The number of amides is 1. The summed E-state index contributed by atoms with van der Waals surface area (Å²) in [5.41, 5.74) is 4.60. The van der Waals surface area contributed by atoms with Crippen LogP contribution in [0.15, 0.2) is 53.3 Å². The number of carbonyl (C=O) groups is 1. The van der Waals surface area contributed by atoms with Gasteiger partial charge in [0, 0.05) is 23.8 Å². The van der Waals surface area contributed by atoms with E-state index in [1.807, 2.05) is 29.6 Å². The molecule has 0 saturated carbocycles. The summed E-state index contributed by atoms with van der Waals surface area (Å²) in [5, 5.41) is 6.28. The maximum absolute atomic E-state index is 12.0. The fourth-order valence-electron chi connectivity index (χ4n) is 2.52. The van der Waals surface area contributed by atoms with Gasteiger partial charge in [-0.2, -0.15) is 0 Å². The Bertz CT molecular complexity index is 981. The van der Waals surface area contributed by atoms with E-state index in [-0.39, 0.29) is 24.4 Å². The largest absolute Gasteiger partial charge is 0.497 e. The molecule has 0 fully saturated rings. The molecule has 1 aromatic carbocycles. The standard InChI is InChI=1S/C19H21N5O3S/c1-13(2)24-16(14-4-6-15(26-3)7-5-14)12-28-19(24)23-22-17(25)11-27-18-10-20-8-9-21-18/h4-10,12-13H,11H2,1-3H3,(H,22,25)/b23-19-. The summed E-state index contributed by atoms with van der Waals surface area (Å²) in [5.74, 6) is 0.712. The summed E-state index contributed by atoms with van der Waals surface area (Å²) in [7, 11) is 1.64. The summed E-state index contributed by atoms with van der Waals surface area (Å²) < 4.78 is 12.6. The van der Waals surface area contributed by atoms with Crippen LogP contribution in [0, 0.1) is 0 Å². The summed E-state index contributed by atoms with van der Waals surface area (Å²) in [4.78, 5) is 20.5. The Morgan fingerprint density at radius 3 is 2.71 bits per heavy atom. The molecule has 0 aliphatic rings. The molecule has 0 saturated heterocycles. The summed E-state index contributed by atoms with van der Waals surface area (Å²) in [6.45, 7) is 3.94. The molecule has 3 rings (SSSR count). The first-order chi connectivity index (χ1) is 13.6. The minimum absolute atomic E-state index is 0.162.